The number of fused-ring (bicyclic) bond motifs is 4. The van der Waals surface area contributed by atoms with Gasteiger partial charge in [0.1, 0.15) is 23.9 Å². The minimum atomic E-state index is -0.415. The molecule has 2 aromatic heterocycles. The Morgan fingerprint density at radius 2 is 1.64 bits per heavy atom. The summed E-state index contributed by atoms with van der Waals surface area (Å²) in [5.74, 6) is 1.58. The van der Waals surface area contributed by atoms with E-state index in [0.29, 0.717) is 42.9 Å². The molecule has 2 bridgehead atoms. The number of hydrogen-bond donors (Lipinski definition) is 1. The van der Waals surface area contributed by atoms with Crippen LogP contribution in [0.25, 0.3) is 0 Å². The van der Waals surface area contributed by atoms with Crippen LogP contribution in [0.15, 0.2) is 62.5 Å². The third-order valence-electron chi connectivity index (χ3n) is 8.30. The van der Waals surface area contributed by atoms with Crippen molar-refractivity contribution in [2.75, 3.05) is 52.4 Å². The largest absolute Gasteiger partial charge is 0.502 e. The lowest BCUT2D eigenvalue weighted by Gasteiger charge is -2.42. The summed E-state index contributed by atoms with van der Waals surface area (Å²) >= 11 is 0. The van der Waals surface area contributed by atoms with E-state index in [0.717, 1.165) is 64.5 Å². The molecule has 6 rings (SSSR count). The molecule has 1 N–H and O–H groups in total. The van der Waals surface area contributed by atoms with Crippen molar-refractivity contribution in [1.29, 1.82) is 0 Å². The molecule has 42 heavy (non-hydrogen) atoms. The lowest BCUT2D eigenvalue weighted by molar-refractivity contribution is 0.0975. The van der Waals surface area contributed by atoms with Crippen molar-refractivity contribution in [3.63, 3.8) is 0 Å². The van der Waals surface area contributed by atoms with E-state index in [2.05, 4.69) is 14.7 Å². The second-order valence-electron chi connectivity index (χ2n) is 11.2. The Kier molecular flexibility index (Phi) is 10.7. The minimum Gasteiger partial charge on any atom is -0.502 e. The third kappa shape index (κ3) is 7.36. The predicted octanol–water partition coefficient (Wildman–Crippen LogP) is 3.31. The number of hydrogen-bond acceptors (Lipinski definition) is 8. The fraction of sp³-hybridized carbons (Fsp3) is 0.467. The highest BCUT2D eigenvalue weighted by Crippen LogP contribution is 2.35. The van der Waals surface area contributed by atoms with Gasteiger partial charge in [-0.15, -0.1) is 24.8 Å². The predicted molar refractivity (Wildman–Crippen MR) is 162 cm³/mol. The molecule has 0 radical (unpaired) electrons. The third-order valence-corrected chi connectivity index (χ3v) is 8.30. The van der Waals surface area contributed by atoms with Crippen LogP contribution in [0.4, 0.5) is 4.39 Å². The molecule has 0 amide bonds. The second kappa shape index (κ2) is 14.1. The maximum atomic E-state index is 13.0. The number of piperazine rings is 1. The normalized spacial score (nSPS) is 20.7. The molecule has 1 aromatic carbocycles. The molecule has 0 spiro atoms. The van der Waals surface area contributed by atoms with Gasteiger partial charge in [-0.1, -0.05) is 6.07 Å². The van der Waals surface area contributed by atoms with Gasteiger partial charge < -0.3 is 18.8 Å². The molecule has 5 heterocycles. The van der Waals surface area contributed by atoms with Crippen LogP contribution in [0.5, 0.6) is 11.5 Å². The van der Waals surface area contributed by atoms with E-state index in [1.54, 1.807) is 18.2 Å². The molecular formula is C30H37Cl2FN4O5. The van der Waals surface area contributed by atoms with Crippen LogP contribution in [-0.2, 0) is 19.6 Å². The Balaban J connectivity index is 0.00000202. The smallest absolute Gasteiger partial charge is 0.250 e. The standard InChI is InChI=1S/C30H35FN4O5.2ClH/c31-23-4-6-24(7-5-23)39-13-12-32-8-10-33(11-9-32)20-28-30(38)27(36)15-25(40-28)19-34-16-21-14-22(18-34)26-2-1-3-29(37)35(26)17-21;;/h1-7,15,21-22,38H,8-14,16-20H2;2*1H/t21-,22+;;/m0../s1. The van der Waals surface area contributed by atoms with Gasteiger partial charge in [-0.05, 0) is 42.7 Å². The Morgan fingerprint density at radius 3 is 2.40 bits per heavy atom. The van der Waals surface area contributed by atoms with Crippen molar-refractivity contribution < 1.29 is 18.7 Å². The number of likely N-dealkylation sites (tertiary alicyclic amines) is 1. The van der Waals surface area contributed by atoms with Gasteiger partial charge in [0.2, 0.25) is 11.2 Å². The first-order chi connectivity index (χ1) is 19.4. The Hall–Kier alpha value is -2.89. The van der Waals surface area contributed by atoms with E-state index in [9.17, 15) is 19.1 Å². The molecule has 2 atom stereocenters. The maximum absolute atomic E-state index is 13.0. The van der Waals surface area contributed by atoms with Crippen LogP contribution in [-0.4, -0.2) is 76.8 Å². The molecular weight excluding hydrogens is 586 g/mol. The fourth-order valence-corrected chi connectivity index (χ4v) is 6.32. The molecule has 12 heteroatoms. The number of nitrogens with zero attached hydrogens (tertiary/aromatic N) is 4. The topological polar surface area (TPSA) is 91.4 Å². The number of piperidine rings is 1. The summed E-state index contributed by atoms with van der Waals surface area (Å²) in [5.41, 5.74) is 0.735. The van der Waals surface area contributed by atoms with E-state index >= 15 is 0 Å². The summed E-state index contributed by atoms with van der Waals surface area (Å²) in [6, 6.07) is 12.9. The van der Waals surface area contributed by atoms with Gasteiger partial charge in [-0.3, -0.25) is 24.3 Å². The number of aromatic nitrogens is 1. The Morgan fingerprint density at radius 1 is 0.905 bits per heavy atom. The maximum Gasteiger partial charge on any atom is 0.250 e. The molecule has 3 aliphatic heterocycles. The van der Waals surface area contributed by atoms with Gasteiger partial charge in [0.25, 0.3) is 5.56 Å². The fourth-order valence-electron chi connectivity index (χ4n) is 6.32. The average Bonchev–Trinajstić information content (AvgIpc) is 2.94. The van der Waals surface area contributed by atoms with Crippen LogP contribution in [0.1, 0.15) is 29.6 Å². The van der Waals surface area contributed by atoms with Crippen molar-refractivity contribution in [2.24, 2.45) is 5.92 Å². The first-order valence-electron chi connectivity index (χ1n) is 14.0. The monoisotopic (exact) mass is 622 g/mol. The molecule has 0 unspecified atom stereocenters. The SMILES string of the molecule is Cl.Cl.O=c1cc(CN2C[C@@H]3C[C@H](C2)c2cccc(=O)n2C3)oc(CN2CCN(CCOc3ccc(F)cc3)CC2)c1O. The highest BCUT2D eigenvalue weighted by molar-refractivity contribution is 5.85. The summed E-state index contributed by atoms with van der Waals surface area (Å²) in [7, 11) is 0. The zero-order chi connectivity index (χ0) is 27.6. The van der Waals surface area contributed by atoms with Gasteiger partial charge in [-0.25, -0.2) is 4.39 Å². The van der Waals surface area contributed by atoms with Crippen molar-refractivity contribution in [3.05, 3.63) is 92.1 Å². The summed E-state index contributed by atoms with van der Waals surface area (Å²) in [5, 5.41) is 10.5. The Bertz CT molecular complexity index is 1460. The first-order valence-corrected chi connectivity index (χ1v) is 14.0. The van der Waals surface area contributed by atoms with Crippen molar-refractivity contribution >= 4 is 24.8 Å². The van der Waals surface area contributed by atoms with Crippen molar-refractivity contribution in [2.45, 2.75) is 32.0 Å². The van der Waals surface area contributed by atoms with Gasteiger partial charge in [0.15, 0.2) is 5.76 Å². The lowest BCUT2D eigenvalue weighted by atomic mass is 9.83. The average molecular weight is 624 g/mol. The highest BCUT2D eigenvalue weighted by Gasteiger charge is 2.34. The molecule has 228 valence electrons. The van der Waals surface area contributed by atoms with E-state index in [-0.39, 0.29) is 47.9 Å². The zero-order valence-electron chi connectivity index (χ0n) is 23.3. The first kappa shape index (κ1) is 32.0. The van der Waals surface area contributed by atoms with Gasteiger partial charge >= 0.3 is 0 Å². The molecule has 0 saturated carbocycles. The molecule has 3 aromatic rings. The molecule has 0 aliphatic carbocycles. The Labute approximate surface area is 256 Å². The number of pyridine rings is 1. The quantitative estimate of drug-likeness (QED) is 0.409. The number of rotatable bonds is 8. The van der Waals surface area contributed by atoms with E-state index < -0.39 is 5.43 Å². The van der Waals surface area contributed by atoms with Crippen LogP contribution in [0, 0.1) is 11.7 Å². The molecule has 9 nitrogen and oxygen atoms in total. The number of halogens is 3. The summed E-state index contributed by atoms with van der Waals surface area (Å²) in [6.45, 7) is 7.72. The zero-order valence-corrected chi connectivity index (χ0v) is 25.0. The van der Waals surface area contributed by atoms with Gasteiger partial charge in [0.05, 0.1) is 13.1 Å². The van der Waals surface area contributed by atoms with Crippen LogP contribution < -0.4 is 15.7 Å². The van der Waals surface area contributed by atoms with E-state index in [1.165, 1.54) is 18.2 Å². The summed E-state index contributed by atoms with van der Waals surface area (Å²) in [4.78, 5) is 31.7. The van der Waals surface area contributed by atoms with Crippen molar-refractivity contribution in [3.8, 4) is 11.5 Å². The lowest BCUT2D eigenvalue weighted by Crippen LogP contribution is -2.47. The van der Waals surface area contributed by atoms with Gasteiger partial charge in [0, 0.05) is 76.1 Å². The van der Waals surface area contributed by atoms with Crippen LogP contribution >= 0.6 is 24.8 Å². The van der Waals surface area contributed by atoms with E-state index in [1.807, 2.05) is 16.7 Å². The summed E-state index contributed by atoms with van der Waals surface area (Å²) in [6.07, 6.45) is 1.06. The molecule has 2 fully saturated rings. The molecule has 3 aliphatic rings. The van der Waals surface area contributed by atoms with Crippen LogP contribution in [0.3, 0.4) is 0 Å². The number of ether oxygens (including phenoxy) is 1. The summed E-state index contributed by atoms with van der Waals surface area (Å²) < 4.78 is 26.8. The van der Waals surface area contributed by atoms with E-state index in [4.69, 9.17) is 9.15 Å². The minimum absolute atomic E-state index is 0. The number of benzene rings is 1. The second-order valence-corrected chi connectivity index (χ2v) is 11.2. The van der Waals surface area contributed by atoms with Crippen molar-refractivity contribution in [1.82, 2.24) is 19.3 Å². The van der Waals surface area contributed by atoms with Gasteiger partial charge in [-0.2, -0.15) is 0 Å². The highest BCUT2D eigenvalue weighted by atomic mass is 35.5. The molecule has 2 saturated heterocycles. The van der Waals surface area contributed by atoms with Crippen LogP contribution in [0.2, 0.25) is 0 Å². The number of aromatic hydroxyl groups is 1.